The monoisotopic (exact) mass is 371 g/mol. The molecular formula is C24H23N2O2+. The largest absolute Gasteiger partial charge is 0.456 e. The number of fused-ring (bicyclic) bond motifs is 2. The Morgan fingerprint density at radius 1 is 0.929 bits per heavy atom. The zero-order valence-electron chi connectivity index (χ0n) is 16.6. The maximum absolute atomic E-state index is 11.7. The molecule has 4 nitrogen and oxygen atoms in total. The van der Waals surface area contributed by atoms with E-state index in [1.54, 1.807) is 0 Å². The van der Waals surface area contributed by atoms with E-state index in [1.807, 2.05) is 64.6 Å². The molecule has 0 N–H and O–H groups in total. The first kappa shape index (κ1) is 18.0. The zero-order chi connectivity index (χ0) is 19.8. The lowest BCUT2D eigenvalue weighted by Crippen LogP contribution is -2.21. The molecule has 28 heavy (non-hydrogen) atoms. The Balaban J connectivity index is 2.19. The molecule has 1 heterocycles. The van der Waals surface area contributed by atoms with Crippen LogP contribution in [0.5, 0.6) is 0 Å². The van der Waals surface area contributed by atoms with Gasteiger partial charge in [-0.25, -0.2) is 4.58 Å². The van der Waals surface area contributed by atoms with Crippen LogP contribution in [0.1, 0.15) is 10.4 Å². The van der Waals surface area contributed by atoms with Crippen LogP contribution in [0.2, 0.25) is 0 Å². The number of hydrogen-bond donors (Lipinski definition) is 0. The Kier molecular flexibility index (Phi) is 4.47. The first-order valence-corrected chi connectivity index (χ1v) is 9.22. The Bertz CT molecular complexity index is 1230. The van der Waals surface area contributed by atoms with Crippen molar-refractivity contribution in [2.45, 2.75) is 0 Å². The molecule has 4 heteroatoms. The number of anilines is 1. The van der Waals surface area contributed by atoms with Gasteiger partial charge in [0, 0.05) is 54.0 Å². The van der Waals surface area contributed by atoms with Gasteiger partial charge < -0.3 is 9.32 Å². The number of carbonyl (C=O) groups is 1. The highest BCUT2D eigenvalue weighted by Gasteiger charge is 2.20. The molecule has 0 saturated heterocycles. The second kappa shape index (κ2) is 6.97. The van der Waals surface area contributed by atoms with E-state index < -0.39 is 0 Å². The second-order valence-corrected chi connectivity index (χ2v) is 7.33. The van der Waals surface area contributed by atoms with Crippen molar-refractivity contribution < 1.29 is 9.21 Å². The van der Waals surface area contributed by atoms with E-state index in [0.29, 0.717) is 5.56 Å². The predicted octanol–water partition coefficient (Wildman–Crippen LogP) is 4.11. The summed E-state index contributed by atoms with van der Waals surface area (Å²) in [5, 5.41) is 2.05. The van der Waals surface area contributed by atoms with Gasteiger partial charge in [0.1, 0.15) is 25.4 Å². The molecule has 2 aliphatic rings. The van der Waals surface area contributed by atoms with Crippen molar-refractivity contribution in [3.05, 3.63) is 71.6 Å². The fourth-order valence-electron chi connectivity index (χ4n) is 3.54. The fraction of sp³-hybridized carbons (Fsp3) is 0.167. The molecule has 0 saturated carbocycles. The van der Waals surface area contributed by atoms with Crippen molar-refractivity contribution in [1.82, 2.24) is 4.58 Å². The van der Waals surface area contributed by atoms with Crippen LogP contribution >= 0.6 is 0 Å². The highest BCUT2D eigenvalue weighted by molar-refractivity contribution is 6.05. The summed E-state index contributed by atoms with van der Waals surface area (Å²) in [5.41, 5.74) is 5.46. The van der Waals surface area contributed by atoms with Gasteiger partial charge in [-0.2, -0.15) is 0 Å². The van der Waals surface area contributed by atoms with Crippen molar-refractivity contribution in [3.63, 3.8) is 0 Å². The minimum atomic E-state index is 0.671. The van der Waals surface area contributed by atoms with Crippen LogP contribution in [-0.4, -0.2) is 34.5 Å². The van der Waals surface area contributed by atoms with Crippen molar-refractivity contribution in [3.8, 4) is 22.5 Å². The van der Waals surface area contributed by atoms with Crippen molar-refractivity contribution >= 4 is 22.9 Å². The van der Waals surface area contributed by atoms with Crippen LogP contribution in [0, 0.1) is 0 Å². The molecule has 4 rings (SSSR count). The Morgan fingerprint density at radius 3 is 2.43 bits per heavy atom. The number of aldehydes is 1. The maximum atomic E-state index is 11.7. The highest BCUT2D eigenvalue weighted by Crippen LogP contribution is 2.41. The molecule has 0 radical (unpaired) electrons. The van der Waals surface area contributed by atoms with Gasteiger partial charge in [-0.05, 0) is 23.8 Å². The van der Waals surface area contributed by atoms with Crippen LogP contribution in [-0.2, 0) is 0 Å². The molecule has 2 aromatic rings. The molecular weight excluding hydrogens is 348 g/mol. The van der Waals surface area contributed by atoms with Crippen LogP contribution in [0.4, 0.5) is 5.69 Å². The number of carbonyl (C=O) groups excluding carboxylic acids is 1. The first-order chi connectivity index (χ1) is 13.5. The molecule has 140 valence electrons. The Hall–Kier alpha value is -3.40. The Morgan fingerprint density at radius 2 is 1.71 bits per heavy atom. The van der Waals surface area contributed by atoms with Gasteiger partial charge in [0.2, 0.25) is 5.36 Å². The summed E-state index contributed by atoms with van der Waals surface area (Å²) in [6, 6.07) is 20.1. The zero-order valence-corrected chi connectivity index (χ0v) is 16.6. The summed E-state index contributed by atoms with van der Waals surface area (Å²) in [4.78, 5) is 13.8. The summed E-state index contributed by atoms with van der Waals surface area (Å²) in [6.45, 7) is 0. The number of hydrogen-bond acceptors (Lipinski definition) is 3. The lowest BCUT2D eigenvalue weighted by atomic mass is 9.91. The van der Waals surface area contributed by atoms with Crippen LogP contribution in [0.15, 0.2) is 65.1 Å². The quantitative estimate of drug-likeness (QED) is 0.309. The average Bonchev–Trinajstić information content (AvgIpc) is 2.71. The highest BCUT2D eigenvalue weighted by atomic mass is 16.3. The van der Waals surface area contributed by atoms with Gasteiger partial charge in [0.05, 0.1) is 6.07 Å². The smallest absolute Gasteiger partial charge is 0.203 e. The van der Waals surface area contributed by atoms with E-state index in [-0.39, 0.29) is 0 Å². The topological polar surface area (TPSA) is 36.5 Å². The molecule has 0 atom stereocenters. The van der Waals surface area contributed by atoms with Gasteiger partial charge in [0.15, 0.2) is 6.29 Å². The third kappa shape index (κ3) is 2.97. The minimum Gasteiger partial charge on any atom is -0.456 e. The van der Waals surface area contributed by atoms with Crippen molar-refractivity contribution in [1.29, 1.82) is 0 Å². The standard InChI is InChI=1S/C24H23N2O2/c1-25(2)17-9-11-20-22(13-17)28-23-14-18(26(3)4)10-12-21(23)24(20)19-8-6-5-7-16(19)15-27/h5-15H,1-4H3/q+1. The van der Waals surface area contributed by atoms with Gasteiger partial charge >= 0.3 is 0 Å². The van der Waals surface area contributed by atoms with Crippen LogP contribution in [0.25, 0.3) is 33.4 Å². The average molecular weight is 371 g/mol. The SMILES string of the molecule is CN(C)c1ccc2c(-c3ccccc3C=O)c3ccc(=[N+](C)C)cc-3oc2c1. The summed E-state index contributed by atoms with van der Waals surface area (Å²) >= 11 is 0. The summed E-state index contributed by atoms with van der Waals surface area (Å²) in [6.07, 6.45) is 0.916. The molecule has 2 aromatic carbocycles. The van der Waals surface area contributed by atoms with E-state index in [2.05, 4.69) is 33.7 Å². The fourth-order valence-corrected chi connectivity index (χ4v) is 3.54. The molecule has 1 aliphatic heterocycles. The van der Waals surface area contributed by atoms with E-state index in [0.717, 1.165) is 50.8 Å². The minimum absolute atomic E-state index is 0.671. The number of rotatable bonds is 3. The van der Waals surface area contributed by atoms with Crippen LogP contribution < -0.4 is 14.8 Å². The lowest BCUT2D eigenvalue weighted by Gasteiger charge is -2.18. The predicted molar refractivity (Wildman–Crippen MR) is 115 cm³/mol. The number of benzene rings is 3. The maximum Gasteiger partial charge on any atom is 0.203 e. The summed E-state index contributed by atoms with van der Waals surface area (Å²) in [5.74, 6) is 0.797. The van der Waals surface area contributed by atoms with Crippen LogP contribution in [0.3, 0.4) is 0 Å². The van der Waals surface area contributed by atoms with E-state index in [1.165, 1.54) is 0 Å². The van der Waals surface area contributed by atoms with E-state index >= 15 is 0 Å². The second-order valence-electron chi connectivity index (χ2n) is 7.33. The van der Waals surface area contributed by atoms with Gasteiger partial charge in [-0.15, -0.1) is 0 Å². The third-order valence-corrected chi connectivity index (χ3v) is 5.08. The number of nitrogens with zero attached hydrogens (tertiary/aromatic N) is 2. The molecule has 0 aromatic heterocycles. The van der Waals surface area contributed by atoms with Gasteiger partial charge in [-0.3, -0.25) is 4.79 Å². The molecule has 1 aliphatic carbocycles. The first-order valence-electron chi connectivity index (χ1n) is 9.22. The molecule has 0 spiro atoms. The summed E-state index contributed by atoms with van der Waals surface area (Å²) in [7, 11) is 8.04. The Labute approximate surface area is 164 Å². The molecule has 0 fully saturated rings. The lowest BCUT2D eigenvalue weighted by molar-refractivity contribution is 0.112. The van der Waals surface area contributed by atoms with Crippen molar-refractivity contribution in [2.75, 3.05) is 33.1 Å². The van der Waals surface area contributed by atoms with Gasteiger partial charge in [0.25, 0.3) is 0 Å². The molecule has 0 unspecified atom stereocenters. The van der Waals surface area contributed by atoms with E-state index in [4.69, 9.17) is 4.42 Å². The molecule has 0 amide bonds. The molecule has 0 bridgehead atoms. The third-order valence-electron chi connectivity index (χ3n) is 5.08. The van der Waals surface area contributed by atoms with Crippen molar-refractivity contribution in [2.24, 2.45) is 0 Å². The van der Waals surface area contributed by atoms with Gasteiger partial charge in [-0.1, -0.05) is 24.3 Å². The normalized spacial score (nSPS) is 11.0. The summed E-state index contributed by atoms with van der Waals surface area (Å²) < 4.78 is 8.37. The van der Waals surface area contributed by atoms with E-state index in [9.17, 15) is 4.79 Å².